The van der Waals surface area contributed by atoms with Gasteiger partial charge in [0, 0.05) is 18.7 Å². The van der Waals surface area contributed by atoms with Gasteiger partial charge < -0.3 is 10.6 Å². The van der Waals surface area contributed by atoms with Crippen LogP contribution in [0.4, 0.5) is 8.78 Å². The number of hydrogen-bond donors (Lipinski definition) is 2. The van der Waals surface area contributed by atoms with Crippen LogP contribution in [0.1, 0.15) is 49.6 Å². The first-order chi connectivity index (χ1) is 10.5. The highest BCUT2D eigenvalue weighted by Gasteiger charge is 2.41. The summed E-state index contributed by atoms with van der Waals surface area (Å²) in [6.45, 7) is 4.34. The van der Waals surface area contributed by atoms with Gasteiger partial charge in [0.25, 0.3) is 11.8 Å². The number of rotatable bonds is 6. The summed E-state index contributed by atoms with van der Waals surface area (Å²) in [6, 6.07) is 1.89. The van der Waals surface area contributed by atoms with E-state index in [-0.39, 0.29) is 30.7 Å². The molecule has 0 spiro atoms. The molecule has 1 atom stereocenters. The van der Waals surface area contributed by atoms with Gasteiger partial charge in [-0.1, -0.05) is 13.8 Å². The fourth-order valence-electron chi connectivity index (χ4n) is 2.77. The summed E-state index contributed by atoms with van der Waals surface area (Å²) >= 11 is 0. The molecule has 1 fully saturated rings. The number of nitrogens with zero attached hydrogens (tertiary/aromatic N) is 2. The van der Waals surface area contributed by atoms with Crippen molar-refractivity contribution in [3.05, 3.63) is 18.0 Å². The van der Waals surface area contributed by atoms with Crippen molar-refractivity contribution in [2.45, 2.75) is 45.1 Å². The standard InChI is InChI=1S/C15H24F2N4O/c1-3-12(4-2)21-8-6-13(20-21)14(22)19-9-11-5-7-18-10-15(11,16)17/h6,8,11-12,18H,3-5,7,9-10H2,1-2H3,(H,19,22). The Morgan fingerprint density at radius 3 is 2.91 bits per heavy atom. The molecule has 2 N–H and O–H groups in total. The lowest BCUT2D eigenvalue weighted by molar-refractivity contribution is -0.0712. The molecule has 1 unspecified atom stereocenters. The largest absolute Gasteiger partial charge is 0.350 e. The van der Waals surface area contributed by atoms with Gasteiger partial charge in [0.05, 0.1) is 12.6 Å². The van der Waals surface area contributed by atoms with Crippen molar-refractivity contribution in [1.29, 1.82) is 0 Å². The molecule has 2 rings (SSSR count). The molecule has 1 aromatic rings. The zero-order valence-electron chi connectivity index (χ0n) is 13.1. The Bertz CT molecular complexity index is 499. The van der Waals surface area contributed by atoms with Crippen molar-refractivity contribution in [2.24, 2.45) is 5.92 Å². The molecule has 0 bridgehead atoms. The van der Waals surface area contributed by atoms with Gasteiger partial charge in [-0.3, -0.25) is 9.48 Å². The Balaban J connectivity index is 1.92. The van der Waals surface area contributed by atoms with Crippen LogP contribution in [0, 0.1) is 5.92 Å². The van der Waals surface area contributed by atoms with E-state index in [1.165, 1.54) is 0 Å². The fraction of sp³-hybridized carbons (Fsp3) is 0.733. The van der Waals surface area contributed by atoms with Gasteiger partial charge >= 0.3 is 0 Å². The number of amides is 1. The topological polar surface area (TPSA) is 59.0 Å². The molecule has 124 valence electrons. The van der Waals surface area contributed by atoms with Crippen LogP contribution in [0.25, 0.3) is 0 Å². The molecule has 22 heavy (non-hydrogen) atoms. The zero-order valence-corrected chi connectivity index (χ0v) is 13.1. The average Bonchev–Trinajstić information content (AvgIpc) is 2.96. The Morgan fingerprint density at radius 2 is 2.27 bits per heavy atom. The maximum Gasteiger partial charge on any atom is 0.271 e. The monoisotopic (exact) mass is 314 g/mol. The van der Waals surface area contributed by atoms with Crippen molar-refractivity contribution in [3.8, 4) is 0 Å². The molecule has 0 radical (unpaired) electrons. The summed E-state index contributed by atoms with van der Waals surface area (Å²) in [7, 11) is 0. The molecular weight excluding hydrogens is 290 g/mol. The van der Waals surface area contributed by atoms with Crippen LogP contribution >= 0.6 is 0 Å². The summed E-state index contributed by atoms with van der Waals surface area (Å²) in [5.41, 5.74) is 0.282. The smallest absolute Gasteiger partial charge is 0.271 e. The van der Waals surface area contributed by atoms with E-state index in [0.717, 1.165) is 12.8 Å². The predicted octanol–water partition coefficient (Wildman–Crippen LogP) is 2.22. The zero-order chi connectivity index (χ0) is 16.2. The van der Waals surface area contributed by atoms with E-state index in [1.54, 1.807) is 16.9 Å². The molecule has 7 heteroatoms. The molecule has 1 amide bonds. The molecule has 2 heterocycles. The van der Waals surface area contributed by atoms with Crippen LogP contribution in [0.15, 0.2) is 12.3 Å². The second-order valence-corrected chi connectivity index (χ2v) is 5.78. The van der Waals surface area contributed by atoms with Gasteiger partial charge in [-0.25, -0.2) is 8.78 Å². The lowest BCUT2D eigenvalue weighted by atomic mass is 9.94. The maximum absolute atomic E-state index is 13.7. The third-order valence-corrected chi connectivity index (χ3v) is 4.29. The Labute approximate surface area is 129 Å². The van der Waals surface area contributed by atoms with Crippen molar-refractivity contribution in [2.75, 3.05) is 19.6 Å². The highest BCUT2D eigenvalue weighted by atomic mass is 19.3. The van der Waals surface area contributed by atoms with Crippen molar-refractivity contribution in [3.63, 3.8) is 0 Å². The van der Waals surface area contributed by atoms with Gasteiger partial charge in [-0.15, -0.1) is 0 Å². The second kappa shape index (κ2) is 7.17. The molecule has 0 saturated carbocycles. The molecular formula is C15H24F2N4O. The minimum Gasteiger partial charge on any atom is -0.350 e. The minimum absolute atomic E-state index is 0.0225. The number of piperidine rings is 1. The van der Waals surface area contributed by atoms with Crippen LogP contribution in [0.2, 0.25) is 0 Å². The summed E-state index contributed by atoms with van der Waals surface area (Å²) in [6.07, 6.45) is 3.99. The molecule has 1 aliphatic rings. The Morgan fingerprint density at radius 1 is 1.55 bits per heavy atom. The summed E-state index contributed by atoms with van der Waals surface area (Å²) in [4.78, 5) is 12.1. The molecule has 5 nitrogen and oxygen atoms in total. The van der Waals surface area contributed by atoms with Crippen LogP contribution in [0.5, 0.6) is 0 Å². The lowest BCUT2D eigenvalue weighted by Crippen LogP contribution is -2.50. The van der Waals surface area contributed by atoms with Gasteiger partial charge in [0.1, 0.15) is 5.69 Å². The first-order valence-electron chi connectivity index (χ1n) is 7.89. The van der Waals surface area contributed by atoms with E-state index in [0.29, 0.717) is 13.0 Å². The number of carbonyl (C=O) groups is 1. The number of nitrogens with one attached hydrogen (secondary N) is 2. The van der Waals surface area contributed by atoms with Crippen molar-refractivity contribution >= 4 is 5.91 Å². The first kappa shape index (κ1) is 16.9. The van der Waals surface area contributed by atoms with Gasteiger partial charge in [-0.2, -0.15) is 5.10 Å². The van der Waals surface area contributed by atoms with Crippen LogP contribution in [0.3, 0.4) is 0 Å². The van der Waals surface area contributed by atoms with Crippen LogP contribution in [-0.2, 0) is 0 Å². The maximum atomic E-state index is 13.7. The number of halogens is 2. The fourth-order valence-corrected chi connectivity index (χ4v) is 2.77. The quantitative estimate of drug-likeness (QED) is 0.846. The van der Waals surface area contributed by atoms with E-state index in [4.69, 9.17) is 0 Å². The molecule has 1 aliphatic heterocycles. The molecule has 1 saturated heterocycles. The number of carbonyl (C=O) groups excluding carboxylic acids is 1. The van der Waals surface area contributed by atoms with E-state index >= 15 is 0 Å². The Hall–Kier alpha value is -1.50. The number of hydrogen-bond acceptors (Lipinski definition) is 3. The van der Waals surface area contributed by atoms with Crippen molar-refractivity contribution in [1.82, 2.24) is 20.4 Å². The molecule has 0 aliphatic carbocycles. The summed E-state index contributed by atoms with van der Waals surface area (Å²) in [5.74, 6) is -3.99. The van der Waals surface area contributed by atoms with Gasteiger partial charge in [0.15, 0.2) is 0 Å². The van der Waals surface area contributed by atoms with Gasteiger partial charge in [-0.05, 0) is 31.9 Å². The highest BCUT2D eigenvalue weighted by Crippen LogP contribution is 2.28. The third kappa shape index (κ3) is 3.82. The minimum atomic E-state index is -2.78. The highest BCUT2D eigenvalue weighted by molar-refractivity contribution is 5.92. The van der Waals surface area contributed by atoms with Crippen LogP contribution < -0.4 is 10.6 Å². The van der Waals surface area contributed by atoms with E-state index in [1.807, 2.05) is 0 Å². The summed E-state index contributed by atoms with van der Waals surface area (Å²) in [5, 5.41) is 9.52. The van der Waals surface area contributed by atoms with Gasteiger partial charge in [0.2, 0.25) is 0 Å². The number of alkyl halides is 2. The first-order valence-corrected chi connectivity index (χ1v) is 7.89. The lowest BCUT2D eigenvalue weighted by Gasteiger charge is -2.31. The molecule has 0 aromatic carbocycles. The third-order valence-electron chi connectivity index (χ3n) is 4.29. The van der Waals surface area contributed by atoms with E-state index in [2.05, 4.69) is 29.6 Å². The van der Waals surface area contributed by atoms with E-state index < -0.39 is 11.8 Å². The normalized spacial score (nSPS) is 21.0. The van der Waals surface area contributed by atoms with E-state index in [9.17, 15) is 13.6 Å². The van der Waals surface area contributed by atoms with Crippen molar-refractivity contribution < 1.29 is 13.6 Å². The molecule has 1 aromatic heterocycles. The van der Waals surface area contributed by atoms with Crippen LogP contribution in [-0.4, -0.2) is 41.2 Å². The SMILES string of the molecule is CCC(CC)n1ccc(C(=O)NCC2CCNCC2(F)F)n1. The number of aromatic nitrogens is 2. The predicted molar refractivity (Wildman–Crippen MR) is 80.1 cm³/mol. The Kier molecular flexibility index (Phi) is 5.50. The average molecular weight is 314 g/mol. The second-order valence-electron chi connectivity index (χ2n) is 5.78. The summed E-state index contributed by atoms with van der Waals surface area (Å²) < 4.78 is 29.2.